The summed E-state index contributed by atoms with van der Waals surface area (Å²) in [5.41, 5.74) is 11.6. The van der Waals surface area contributed by atoms with Crippen LogP contribution in [-0.4, -0.2) is 91.5 Å². The largest absolute Gasteiger partial charge is 0.405 e. The summed E-state index contributed by atoms with van der Waals surface area (Å²) in [6.45, 7) is 1.66. The summed E-state index contributed by atoms with van der Waals surface area (Å²) in [5, 5.41) is 12.4. The molecule has 0 aromatic heterocycles. The number of nitrogens with one attached hydrogen (secondary N) is 5. The molecular weight excluding hydrogens is 396 g/mol. The number of halogens is 4. The molecule has 13 heteroatoms. The lowest BCUT2D eigenvalue weighted by Gasteiger charge is -2.40. The van der Waals surface area contributed by atoms with Gasteiger partial charge in [-0.25, -0.2) is 25.3 Å². The van der Waals surface area contributed by atoms with Crippen LogP contribution in [-0.2, 0) is 4.79 Å². The van der Waals surface area contributed by atoms with Gasteiger partial charge in [0.05, 0.1) is 24.3 Å². The zero-order valence-corrected chi connectivity index (χ0v) is 15.9. The summed E-state index contributed by atoms with van der Waals surface area (Å²) in [6.07, 6.45) is -5.86. The number of hydrogen-bond acceptors (Lipinski definition) is 8. The highest BCUT2D eigenvalue weighted by Gasteiger charge is 2.49. The molecule has 4 aliphatic heterocycles. The molecule has 1 amide bonds. The molecule has 4 saturated heterocycles. The van der Waals surface area contributed by atoms with Crippen molar-refractivity contribution in [1.29, 1.82) is 0 Å². The Hall–Kier alpha value is -1.09. The number of fused-ring (bicyclic) bond motifs is 1. The molecule has 4 fully saturated rings. The van der Waals surface area contributed by atoms with Gasteiger partial charge in [-0.3, -0.25) is 10.1 Å². The fourth-order valence-electron chi connectivity index (χ4n) is 4.72. The maximum Gasteiger partial charge on any atom is 0.405 e. The van der Waals surface area contributed by atoms with Gasteiger partial charge in [0.15, 0.2) is 0 Å². The molecule has 0 radical (unpaired) electrons. The van der Waals surface area contributed by atoms with Gasteiger partial charge in [-0.05, 0) is 19.4 Å². The Kier molecular flexibility index (Phi) is 5.99. The number of amides is 1. The summed E-state index contributed by atoms with van der Waals surface area (Å²) in [4.78, 5) is 13.0. The van der Waals surface area contributed by atoms with Gasteiger partial charge >= 0.3 is 6.18 Å². The van der Waals surface area contributed by atoms with Crippen LogP contribution in [0.4, 0.5) is 17.6 Å². The Morgan fingerprint density at radius 2 is 1.93 bits per heavy atom. The molecule has 4 aliphatic rings. The highest BCUT2D eigenvalue weighted by molar-refractivity contribution is 5.81. The Bertz CT molecular complexity index is 610. The standard InChI is InChI=1S/C16H28F4N8O/c17-8-5-23-14-12(13(21)26-28(14)7-8)15(29)24-9-6-22-3-1-10(9)27-4-2-11(25-27)16(18,19)20/h8-14,22-23,25-26H,1-7,21H2,(H,24,29). The van der Waals surface area contributed by atoms with Crippen LogP contribution < -0.4 is 32.5 Å². The van der Waals surface area contributed by atoms with E-state index in [0.717, 1.165) is 0 Å². The normalized spacial score (nSPS) is 42.0. The minimum Gasteiger partial charge on any atom is -0.350 e. The molecule has 9 nitrogen and oxygen atoms in total. The smallest absolute Gasteiger partial charge is 0.350 e. The lowest BCUT2D eigenvalue weighted by molar-refractivity contribution is -0.158. The predicted octanol–water partition coefficient (Wildman–Crippen LogP) is -2.04. The van der Waals surface area contributed by atoms with Crippen molar-refractivity contribution in [3.05, 3.63) is 0 Å². The molecule has 29 heavy (non-hydrogen) atoms. The van der Waals surface area contributed by atoms with Crippen molar-refractivity contribution in [3.63, 3.8) is 0 Å². The van der Waals surface area contributed by atoms with E-state index in [4.69, 9.17) is 5.73 Å². The van der Waals surface area contributed by atoms with Crippen LogP contribution in [0.5, 0.6) is 0 Å². The fraction of sp³-hybridized carbons (Fsp3) is 0.938. The fourth-order valence-corrected chi connectivity index (χ4v) is 4.72. The van der Waals surface area contributed by atoms with Gasteiger partial charge in [0.2, 0.25) is 5.91 Å². The minimum absolute atomic E-state index is 0.0170. The molecule has 0 aromatic rings. The Morgan fingerprint density at radius 3 is 2.66 bits per heavy atom. The van der Waals surface area contributed by atoms with Crippen LogP contribution in [0.1, 0.15) is 12.8 Å². The molecule has 0 spiro atoms. The number of hydrogen-bond donors (Lipinski definition) is 6. The number of nitrogens with two attached hydrogens (primary N) is 1. The average molecular weight is 424 g/mol. The summed E-state index contributed by atoms with van der Waals surface area (Å²) in [6, 6.07) is -2.19. The van der Waals surface area contributed by atoms with E-state index in [2.05, 4.69) is 26.8 Å². The van der Waals surface area contributed by atoms with E-state index in [9.17, 15) is 22.4 Å². The number of hydrazine groups is 2. The van der Waals surface area contributed by atoms with Crippen molar-refractivity contribution in [2.24, 2.45) is 11.7 Å². The third kappa shape index (κ3) is 4.36. The van der Waals surface area contributed by atoms with Gasteiger partial charge in [-0.2, -0.15) is 13.2 Å². The quantitative estimate of drug-likeness (QED) is 0.288. The number of piperidine rings is 1. The zero-order valence-electron chi connectivity index (χ0n) is 15.9. The Morgan fingerprint density at radius 1 is 1.14 bits per heavy atom. The molecule has 4 rings (SSSR count). The second-order valence-electron chi connectivity index (χ2n) is 8.16. The first kappa shape index (κ1) is 21.2. The molecule has 0 aliphatic carbocycles. The van der Waals surface area contributed by atoms with E-state index >= 15 is 0 Å². The first-order valence-corrected chi connectivity index (χ1v) is 10.0. The van der Waals surface area contributed by atoms with Crippen molar-refractivity contribution in [1.82, 2.24) is 36.8 Å². The van der Waals surface area contributed by atoms with Gasteiger partial charge in [0.25, 0.3) is 0 Å². The van der Waals surface area contributed by atoms with Gasteiger partial charge in [-0.15, -0.1) is 0 Å². The summed E-state index contributed by atoms with van der Waals surface area (Å²) in [7, 11) is 0. The van der Waals surface area contributed by atoms with Crippen LogP contribution in [0.3, 0.4) is 0 Å². The first-order valence-electron chi connectivity index (χ1n) is 10.0. The number of rotatable bonds is 3. The minimum atomic E-state index is -4.30. The van der Waals surface area contributed by atoms with Gasteiger partial charge in [0, 0.05) is 32.2 Å². The van der Waals surface area contributed by atoms with Crippen molar-refractivity contribution < 1.29 is 22.4 Å². The summed E-state index contributed by atoms with van der Waals surface area (Å²) in [5.74, 6) is -0.938. The van der Waals surface area contributed by atoms with Crippen molar-refractivity contribution in [2.75, 3.05) is 32.7 Å². The van der Waals surface area contributed by atoms with E-state index in [1.54, 1.807) is 10.0 Å². The maximum absolute atomic E-state index is 13.6. The van der Waals surface area contributed by atoms with Crippen LogP contribution in [0.15, 0.2) is 0 Å². The van der Waals surface area contributed by atoms with Crippen LogP contribution in [0.25, 0.3) is 0 Å². The molecule has 4 heterocycles. The van der Waals surface area contributed by atoms with E-state index in [1.807, 2.05) is 0 Å². The monoisotopic (exact) mass is 424 g/mol. The lowest BCUT2D eigenvalue weighted by atomic mass is 9.97. The van der Waals surface area contributed by atoms with Crippen molar-refractivity contribution in [3.8, 4) is 0 Å². The molecule has 0 aromatic carbocycles. The number of alkyl halides is 4. The molecule has 7 atom stereocenters. The first-order chi connectivity index (χ1) is 13.7. The van der Waals surface area contributed by atoms with Gasteiger partial charge in [-0.1, -0.05) is 0 Å². The molecule has 0 saturated carbocycles. The van der Waals surface area contributed by atoms with E-state index in [0.29, 0.717) is 19.5 Å². The summed E-state index contributed by atoms with van der Waals surface area (Å²) < 4.78 is 52.6. The van der Waals surface area contributed by atoms with Gasteiger partial charge < -0.3 is 16.4 Å². The van der Waals surface area contributed by atoms with Crippen molar-refractivity contribution in [2.45, 2.75) is 55.6 Å². The zero-order chi connectivity index (χ0) is 20.8. The highest BCUT2D eigenvalue weighted by Crippen LogP contribution is 2.28. The average Bonchev–Trinajstić information content (AvgIpc) is 3.25. The maximum atomic E-state index is 13.6. The number of carbonyl (C=O) groups excluding carboxylic acids is 1. The lowest BCUT2D eigenvalue weighted by Crippen LogP contribution is -2.64. The molecule has 7 N–H and O–H groups in total. The second-order valence-corrected chi connectivity index (χ2v) is 8.16. The summed E-state index contributed by atoms with van der Waals surface area (Å²) >= 11 is 0. The number of nitrogens with zero attached hydrogens (tertiary/aromatic N) is 2. The topological polar surface area (TPSA) is 110 Å². The molecule has 166 valence electrons. The van der Waals surface area contributed by atoms with Crippen LogP contribution >= 0.6 is 0 Å². The Labute approximate surface area is 166 Å². The SMILES string of the molecule is NC1NN2CC(F)CNC2C1C(=O)NC1CNCCC1N1CCC(C(F)(F)F)N1. The van der Waals surface area contributed by atoms with Gasteiger partial charge in [0.1, 0.15) is 12.2 Å². The second kappa shape index (κ2) is 8.21. The predicted molar refractivity (Wildman–Crippen MR) is 95.5 cm³/mol. The molecule has 0 bridgehead atoms. The van der Waals surface area contributed by atoms with E-state index in [1.165, 1.54) is 0 Å². The number of carbonyl (C=O) groups is 1. The van der Waals surface area contributed by atoms with Crippen LogP contribution in [0, 0.1) is 5.92 Å². The molecular formula is C16H28F4N8O. The van der Waals surface area contributed by atoms with E-state index in [-0.39, 0.29) is 44.0 Å². The van der Waals surface area contributed by atoms with Crippen LogP contribution in [0.2, 0.25) is 0 Å². The molecule has 7 unspecified atom stereocenters. The highest BCUT2D eigenvalue weighted by atomic mass is 19.4. The Balaban J connectivity index is 1.40. The third-order valence-corrected chi connectivity index (χ3v) is 6.17. The van der Waals surface area contributed by atoms with Crippen molar-refractivity contribution >= 4 is 5.91 Å². The third-order valence-electron chi connectivity index (χ3n) is 6.17. The van der Waals surface area contributed by atoms with E-state index < -0.39 is 36.6 Å².